The Morgan fingerprint density at radius 1 is 1.12 bits per heavy atom. The third-order valence-electron chi connectivity index (χ3n) is 5.03. The fraction of sp³-hybridized carbons (Fsp3) is 0.650. The number of rotatable bonds is 3. The summed E-state index contributed by atoms with van der Waals surface area (Å²) in [5.41, 5.74) is 2.54. The van der Waals surface area contributed by atoms with Gasteiger partial charge in [0.25, 0.3) is 0 Å². The van der Waals surface area contributed by atoms with Gasteiger partial charge in [0.15, 0.2) is 0 Å². The molecule has 0 amide bonds. The van der Waals surface area contributed by atoms with Crippen molar-refractivity contribution in [3.05, 3.63) is 35.5 Å². The number of aryl methyl sites for hydroxylation is 1. The van der Waals surface area contributed by atoms with Gasteiger partial charge in [0.2, 0.25) is 0 Å². The molecule has 2 aromatic heterocycles. The highest BCUT2D eigenvalue weighted by Gasteiger charge is 2.25. The van der Waals surface area contributed by atoms with Crippen molar-refractivity contribution in [2.75, 3.05) is 18.0 Å². The molecular weight excluding hydrogens is 310 g/mol. The maximum atomic E-state index is 4.87. The molecular formula is C20H31N5. The number of hydrogen-bond donors (Lipinski definition) is 0. The summed E-state index contributed by atoms with van der Waals surface area (Å²) in [5.74, 6) is 3.00. The molecule has 0 saturated carbocycles. The molecule has 0 atom stereocenters. The summed E-state index contributed by atoms with van der Waals surface area (Å²) >= 11 is 0. The van der Waals surface area contributed by atoms with Gasteiger partial charge in [0, 0.05) is 43.7 Å². The molecule has 1 saturated heterocycles. The van der Waals surface area contributed by atoms with Crippen molar-refractivity contribution in [3.8, 4) is 0 Å². The van der Waals surface area contributed by atoms with Crippen LogP contribution in [0.25, 0.3) is 0 Å². The van der Waals surface area contributed by atoms with Gasteiger partial charge in [-0.15, -0.1) is 0 Å². The summed E-state index contributed by atoms with van der Waals surface area (Å²) in [6.45, 7) is 13.1. The summed E-state index contributed by atoms with van der Waals surface area (Å²) in [6, 6.07) is 2.19. The van der Waals surface area contributed by atoms with Gasteiger partial charge in [-0.05, 0) is 24.3 Å². The first-order valence-corrected chi connectivity index (χ1v) is 9.37. The highest BCUT2D eigenvalue weighted by atomic mass is 15.2. The van der Waals surface area contributed by atoms with E-state index in [-0.39, 0.29) is 5.41 Å². The Kier molecular flexibility index (Phi) is 4.85. The monoisotopic (exact) mass is 341 g/mol. The lowest BCUT2D eigenvalue weighted by Gasteiger charge is -2.33. The largest absolute Gasteiger partial charge is 0.356 e. The lowest BCUT2D eigenvalue weighted by molar-refractivity contribution is 0.498. The summed E-state index contributed by atoms with van der Waals surface area (Å²) in [6.07, 6.45) is 6.47. The van der Waals surface area contributed by atoms with Crippen molar-refractivity contribution in [1.29, 1.82) is 0 Å². The minimum atomic E-state index is 0.0371. The van der Waals surface area contributed by atoms with E-state index in [1.807, 2.05) is 17.9 Å². The molecule has 3 rings (SSSR count). The predicted molar refractivity (Wildman–Crippen MR) is 102 cm³/mol. The second-order valence-electron chi connectivity index (χ2n) is 8.58. The molecule has 3 heterocycles. The van der Waals surface area contributed by atoms with Crippen LogP contribution in [-0.4, -0.2) is 32.8 Å². The standard InChI is InChI=1S/C20H31N5/c1-14(2)19-22-17(20(3,4)5)11-18(23-19)25-9-7-15(8-10-25)16-12-21-24(6)13-16/h11-15H,7-10H2,1-6H3. The van der Waals surface area contributed by atoms with Crippen molar-refractivity contribution in [3.63, 3.8) is 0 Å². The minimum absolute atomic E-state index is 0.0371. The zero-order valence-corrected chi connectivity index (χ0v) is 16.5. The zero-order valence-electron chi connectivity index (χ0n) is 16.5. The zero-order chi connectivity index (χ0) is 18.2. The molecule has 25 heavy (non-hydrogen) atoms. The Bertz CT molecular complexity index is 718. The van der Waals surface area contributed by atoms with Crippen molar-refractivity contribution >= 4 is 5.82 Å². The third kappa shape index (κ3) is 4.02. The molecule has 2 aromatic rings. The number of piperidine rings is 1. The average molecular weight is 342 g/mol. The van der Waals surface area contributed by atoms with E-state index < -0.39 is 0 Å². The Labute approximate surface area is 151 Å². The lowest BCUT2D eigenvalue weighted by atomic mass is 9.90. The molecule has 1 aliphatic rings. The van der Waals surface area contributed by atoms with E-state index in [9.17, 15) is 0 Å². The topological polar surface area (TPSA) is 46.8 Å². The smallest absolute Gasteiger partial charge is 0.133 e. The molecule has 136 valence electrons. The lowest BCUT2D eigenvalue weighted by Crippen LogP contribution is -2.34. The summed E-state index contributed by atoms with van der Waals surface area (Å²) in [4.78, 5) is 12.1. The van der Waals surface area contributed by atoms with E-state index in [0.717, 1.165) is 43.3 Å². The van der Waals surface area contributed by atoms with Crippen molar-refractivity contribution in [2.24, 2.45) is 7.05 Å². The van der Waals surface area contributed by atoms with Crippen LogP contribution in [0.15, 0.2) is 18.5 Å². The van der Waals surface area contributed by atoms with E-state index in [0.29, 0.717) is 11.8 Å². The molecule has 1 fully saturated rings. The van der Waals surface area contributed by atoms with Crippen molar-refractivity contribution in [2.45, 2.75) is 64.7 Å². The third-order valence-corrected chi connectivity index (χ3v) is 5.03. The normalized spacial score (nSPS) is 16.7. The number of anilines is 1. The van der Waals surface area contributed by atoms with Crippen LogP contribution < -0.4 is 4.90 Å². The van der Waals surface area contributed by atoms with E-state index in [1.54, 1.807) is 0 Å². The second kappa shape index (κ2) is 6.77. The SMILES string of the molecule is CC(C)c1nc(N2CCC(c3cnn(C)c3)CC2)cc(C(C)(C)C)n1. The summed E-state index contributed by atoms with van der Waals surface area (Å²) in [5, 5.41) is 4.32. The fourth-order valence-electron chi connectivity index (χ4n) is 3.35. The average Bonchev–Trinajstić information content (AvgIpc) is 3.00. The van der Waals surface area contributed by atoms with Crippen LogP contribution in [-0.2, 0) is 12.5 Å². The fourth-order valence-corrected chi connectivity index (χ4v) is 3.35. The first-order valence-electron chi connectivity index (χ1n) is 9.37. The predicted octanol–water partition coefficient (Wildman–Crippen LogP) is 4.02. The first kappa shape index (κ1) is 17.9. The molecule has 0 N–H and O–H groups in total. The van der Waals surface area contributed by atoms with Crippen molar-refractivity contribution < 1.29 is 0 Å². The molecule has 0 aliphatic carbocycles. The Hall–Kier alpha value is -1.91. The van der Waals surface area contributed by atoms with E-state index in [1.165, 1.54) is 5.56 Å². The number of nitrogens with zero attached hydrogens (tertiary/aromatic N) is 5. The Morgan fingerprint density at radius 2 is 1.80 bits per heavy atom. The summed E-state index contributed by atoms with van der Waals surface area (Å²) in [7, 11) is 1.99. The molecule has 5 heteroatoms. The highest BCUT2D eigenvalue weighted by Crippen LogP contribution is 2.31. The number of hydrogen-bond acceptors (Lipinski definition) is 4. The minimum Gasteiger partial charge on any atom is -0.356 e. The Balaban J connectivity index is 1.79. The van der Waals surface area contributed by atoms with Crippen LogP contribution in [0.1, 0.15) is 76.4 Å². The quantitative estimate of drug-likeness (QED) is 0.846. The van der Waals surface area contributed by atoms with E-state index in [2.05, 4.69) is 56.9 Å². The van der Waals surface area contributed by atoms with E-state index >= 15 is 0 Å². The van der Waals surface area contributed by atoms with Gasteiger partial charge in [0.1, 0.15) is 11.6 Å². The molecule has 5 nitrogen and oxygen atoms in total. The first-order chi connectivity index (χ1) is 11.7. The molecule has 0 aromatic carbocycles. The van der Waals surface area contributed by atoms with Crippen LogP contribution in [0.5, 0.6) is 0 Å². The van der Waals surface area contributed by atoms with E-state index in [4.69, 9.17) is 9.97 Å². The van der Waals surface area contributed by atoms with Crippen LogP contribution in [0, 0.1) is 0 Å². The highest BCUT2D eigenvalue weighted by molar-refractivity contribution is 5.42. The molecule has 0 spiro atoms. The van der Waals surface area contributed by atoms with Gasteiger partial charge in [-0.3, -0.25) is 4.68 Å². The van der Waals surface area contributed by atoms with Gasteiger partial charge in [-0.25, -0.2) is 9.97 Å². The molecule has 0 radical (unpaired) electrons. The van der Waals surface area contributed by atoms with Crippen LogP contribution in [0.3, 0.4) is 0 Å². The second-order valence-corrected chi connectivity index (χ2v) is 8.58. The maximum Gasteiger partial charge on any atom is 0.133 e. The van der Waals surface area contributed by atoms with Gasteiger partial charge in [-0.1, -0.05) is 34.6 Å². The van der Waals surface area contributed by atoms with Gasteiger partial charge >= 0.3 is 0 Å². The van der Waals surface area contributed by atoms with Crippen molar-refractivity contribution in [1.82, 2.24) is 19.7 Å². The summed E-state index contributed by atoms with van der Waals surface area (Å²) < 4.78 is 1.90. The maximum absolute atomic E-state index is 4.87. The molecule has 0 unspecified atom stereocenters. The Morgan fingerprint density at radius 3 is 2.32 bits per heavy atom. The van der Waals surface area contributed by atoms with Gasteiger partial charge in [-0.2, -0.15) is 5.10 Å². The van der Waals surface area contributed by atoms with Gasteiger partial charge < -0.3 is 4.90 Å². The number of aromatic nitrogens is 4. The molecule has 0 bridgehead atoms. The van der Waals surface area contributed by atoms with Gasteiger partial charge in [0.05, 0.1) is 11.9 Å². The van der Waals surface area contributed by atoms with Crippen LogP contribution in [0.4, 0.5) is 5.82 Å². The van der Waals surface area contributed by atoms with Crippen LogP contribution >= 0.6 is 0 Å². The van der Waals surface area contributed by atoms with Crippen LogP contribution in [0.2, 0.25) is 0 Å². The molecule has 1 aliphatic heterocycles.